The SMILES string of the molecule is CN1CCCC1C#Cc1cccc2c1CCCN2c1nc(=O)n(C(O)(O)O)c2cccc(F)c12. The fourth-order valence-corrected chi connectivity index (χ4v) is 4.92. The molecule has 34 heavy (non-hydrogen) atoms. The third-order valence-corrected chi connectivity index (χ3v) is 6.55. The number of hydrogen-bond donors (Lipinski definition) is 3. The van der Waals surface area contributed by atoms with Crippen LogP contribution >= 0.6 is 0 Å². The molecule has 1 aromatic heterocycles. The van der Waals surface area contributed by atoms with Gasteiger partial charge in [0.1, 0.15) is 5.82 Å². The Bertz CT molecular complexity index is 1390. The fourth-order valence-electron chi connectivity index (χ4n) is 4.92. The lowest BCUT2D eigenvalue weighted by molar-refractivity contribution is -0.374. The van der Waals surface area contributed by atoms with Gasteiger partial charge in [0.2, 0.25) is 0 Å². The Hall–Kier alpha value is -3.29. The molecular weight excluding hydrogens is 439 g/mol. The van der Waals surface area contributed by atoms with Crippen molar-refractivity contribution in [2.75, 3.05) is 25.0 Å². The molecule has 0 bridgehead atoms. The lowest BCUT2D eigenvalue weighted by Gasteiger charge is -2.32. The maximum absolute atomic E-state index is 15.0. The van der Waals surface area contributed by atoms with Crippen LogP contribution in [0.25, 0.3) is 10.9 Å². The molecule has 9 heteroatoms. The first-order valence-electron chi connectivity index (χ1n) is 11.3. The van der Waals surface area contributed by atoms with Crippen LogP contribution < -0.4 is 10.6 Å². The summed E-state index contributed by atoms with van der Waals surface area (Å²) in [5, 5.41) is 29.0. The smallest absolute Gasteiger partial charge is 0.325 e. The molecule has 3 heterocycles. The minimum atomic E-state index is -3.52. The molecule has 0 spiro atoms. The van der Waals surface area contributed by atoms with Crippen molar-refractivity contribution in [3.8, 4) is 11.8 Å². The van der Waals surface area contributed by atoms with E-state index in [1.807, 2.05) is 18.2 Å². The van der Waals surface area contributed by atoms with Gasteiger partial charge in [0, 0.05) is 17.8 Å². The summed E-state index contributed by atoms with van der Waals surface area (Å²) in [6, 6.07) is 9.79. The Morgan fingerprint density at radius 2 is 1.91 bits per heavy atom. The maximum atomic E-state index is 15.0. The molecule has 1 unspecified atom stereocenters. The topological polar surface area (TPSA) is 102 Å². The van der Waals surface area contributed by atoms with E-state index in [4.69, 9.17) is 0 Å². The second kappa shape index (κ2) is 8.49. The van der Waals surface area contributed by atoms with Gasteiger partial charge in [-0.3, -0.25) is 4.90 Å². The van der Waals surface area contributed by atoms with Gasteiger partial charge in [-0.2, -0.15) is 4.98 Å². The summed E-state index contributed by atoms with van der Waals surface area (Å²) in [6.07, 6.45) is 0.160. The van der Waals surface area contributed by atoms with Crippen LogP contribution in [-0.2, 0) is 12.5 Å². The number of fused-ring (bicyclic) bond motifs is 2. The fraction of sp³-hybridized carbons (Fsp3) is 0.360. The minimum Gasteiger partial charge on any atom is -0.325 e. The summed E-state index contributed by atoms with van der Waals surface area (Å²) < 4.78 is 15.3. The zero-order chi connectivity index (χ0) is 24.0. The molecule has 176 valence electrons. The number of aliphatic hydroxyl groups is 3. The van der Waals surface area contributed by atoms with Crippen molar-refractivity contribution in [1.29, 1.82) is 0 Å². The standard InChI is InChI=1S/C25H25FN4O4/c1-28-14-4-7-17(28)13-12-16-6-2-10-20-18(16)8-5-15-29(20)23-22-19(26)9-3-11-21(22)30(24(31)27-23)25(32,33)34/h2-3,6,9-11,17,32-34H,4-5,7-8,14-15H2,1H3. The third-order valence-electron chi connectivity index (χ3n) is 6.55. The minimum absolute atomic E-state index is 0.0557. The molecule has 0 radical (unpaired) electrons. The first-order valence-corrected chi connectivity index (χ1v) is 11.3. The highest BCUT2D eigenvalue weighted by Gasteiger charge is 2.31. The van der Waals surface area contributed by atoms with E-state index < -0.39 is 17.6 Å². The molecule has 2 aromatic carbocycles. The maximum Gasteiger partial charge on any atom is 0.377 e. The van der Waals surface area contributed by atoms with Gasteiger partial charge in [0.05, 0.1) is 16.9 Å². The second-order valence-corrected chi connectivity index (χ2v) is 8.75. The largest absolute Gasteiger partial charge is 0.377 e. The van der Waals surface area contributed by atoms with E-state index in [1.54, 1.807) is 4.90 Å². The van der Waals surface area contributed by atoms with Crippen LogP contribution in [0.3, 0.4) is 0 Å². The molecule has 5 rings (SSSR count). The third kappa shape index (κ3) is 3.85. The summed E-state index contributed by atoms with van der Waals surface area (Å²) in [5.41, 5.74) is 1.36. The van der Waals surface area contributed by atoms with Crippen molar-refractivity contribution < 1.29 is 19.7 Å². The zero-order valence-corrected chi connectivity index (χ0v) is 18.7. The molecule has 0 amide bonds. The van der Waals surface area contributed by atoms with Gasteiger partial charge >= 0.3 is 11.8 Å². The van der Waals surface area contributed by atoms with Crippen LogP contribution in [0.2, 0.25) is 0 Å². The van der Waals surface area contributed by atoms with E-state index in [9.17, 15) is 20.1 Å². The molecule has 1 fully saturated rings. The Labute approximate surface area is 195 Å². The summed E-state index contributed by atoms with van der Waals surface area (Å²) in [6.45, 7) is 1.52. The molecule has 0 saturated carbocycles. The number of hydrogen-bond acceptors (Lipinski definition) is 7. The number of likely N-dealkylation sites (tertiary alicyclic amines) is 1. The number of nitrogens with zero attached hydrogens (tertiary/aromatic N) is 4. The number of rotatable bonds is 2. The van der Waals surface area contributed by atoms with Crippen molar-refractivity contribution in [2.45, 2.75) is 37.8 Å². The Morgan fingerprint density at radius 3 is 2.65 bits per heavy atom. The molecule has 8 nitrogen and oxygen atoms in total. The van der Waals surface area contributed by atoms with Crippen molar-refractivity contribution in [2.24, 2.45) is 0 Å². The average Bonchev–Trinajstić information content (AvgIpc) is 3.20. The van der Waals surface area contributed by atoms with Crippen LogP contribution in [0.5, 0.6) is 0 Å². The molecule has 2 aliphatic heterocycles. The van der Waals surface area contributed by atoms with E-state index in [2.05, 4.69) is 28.8 Å². The summed E-state index contributed by atoms with van der Waals surface area (Å²) in [4.78, 5) is 20.7. The van der Waals surface area contributed by atoms with Crippen LogP contribution in [0, 0.1) is 17.7 Å². The summed E-state index contributed by atoms with van der Waals surface area (Å²) in [5.74, 6) is 6.05. The highest BCUT2D eigenvalue weighted by Crippen LogP contribution is 2.38. The quantitative estimate of drug-likeness (QED) is 0.391. The normalized spacial score (nSPS) is 18.6. The molecule has 3 aromatic rings. The van der Waals surface area contributed by atoms with Gasteiger partial charge in [0.15, 0.2) is 5.82 Å². The van der Waals surface area contributed by atoms with Gasteiger partial charge in [-0.15, -0.1) is 0 Å². The highest BCUT2D eigenvalue weighted by atomic mass is 19.1. The Kier molecular flexibility index (Phi) is 5.62. The van der Waals surface area contributed by atoms with Crippen LogP contribution in [0.1, 0.15) is 30.4 Å². The zero-order valence-electron chi connectivity index (χ0n) is 18.7. The van der Waals surface area contributed by atoms with E-state index in [0.29, 0.717) is 6.54 Å². The van der Waals surface area contributed by atoms with Gasteiger partial charge in [0.25, 0.3) is 0 Å². The molecule has 3 N–H and O–H groups in total. The average molecular weight is 464 g/mol. The van der Waals surface area contributed by atoms with Crippen LogP contribution in [0.15, 0.2) is 41.2 Å². The predicted octanol–water partition coefficient (Wildman–Crippen LogP) is 1.61. The van der Waals surface area contributed by atoms with Crippen LogP contribution in [0.4, 0.5) is 15.9 Å². The predicted molar refractivity (Wildman–Crippen MR) is 125 cm³/mol. The summed E-state index contributed by atoms with van der Waals surface area (Å²) >= 11 is 0. The van der Waals surface area contributed by atoms with Gasteiger partial charge in [-0.05, 0) is 69.1 Å². The van der Waals surface area contributed by atoms with Gasteiger partial charge < -0.3 is 20.2 Å². The lowest BCUT2D eigenvalue weighted by atomic mass is 9.96. The Morgan fingerprint density at radius 1 is 1.12 bits per heavy atom. The first kappa shape index (κ1) is 22.5. The van der Waals surface area contributed by atoms with Gasteiger partial charge in [-0.25, -0.2) is 13.8 Å². The van der Waals surface area contributed by atoms with Gasteiger partial charge in [-0.1, -0.05) is 24.0 Å². The number of anilines is 2. The van der Waals surface area contributed by atoms with E-state index in [1.165, 1.54) is 18.2 Å². The van der Waals surface area contributed by atoms with Crippen molar-refractivity contribution in [1.82, 2.24) is 14.5 Å². The molecule has 2 aliphatic rings. The van der Waals surface area contributed by atoms with Crippen molar-refractivity contribution in [3.05, 3.63) is 63.8 Å². The van der Waals surface area contributed by atoms with Crippen molar-refractivity contribution in [3.63, 3.8) is 0 Å². The molecule has 0 aliphatic carbocycles. The monoisotopic (exact) mass is 464 g/mol. The highest BCUT2D eigenvalue weighted by molar-refractivity contribution is 5.93. The number of benzene rings is 2. The first-order chi connectivity index (χ1) is 16.3. The second-order valence-electron chi connectivity index (χ2n) is 8.75. The van der Waals surface area contributed by atoms with E-state index >= 15 is 4.39 Å². The number of aromatic nitrogens is 2. The molecular formula is C25H25FN4O4. The molecule has 1 atom stereocenters. The van der Waals surface area contributed by atoms with E-state index in [0.717, 1.165) is 49.0 Å². The van der Waals surface area contributed by atoms with Crippen LogP contribution in [-0.4, -0.2) is 55.9 Å². The molecule has 1 saturated heterocycles. The summed E-state index contributed by atoms with van der Waals surface area (Å²) in [7, 11) is 2.07. The lowest BCUT2D eigenvalue weighted by Crippen LogP contribution is -2.43. The number of halogens is 1. The van der Waals surface area contributed by atoms with E-state index in [-0.39, 0.29) is 27.3 Å². The Balaban J connectivity index is 1.66. The van der Waals surface area contributed by atoms with Crippen molar-refractivity contribution >= 4 is 22.4 Å².